The smallest absolute Gasteiger partial charge is 0.220 e. The fourth-order valence-electron chi connectivity index (χ4n) is 9.18. The Kier molecular flexibility index (Phi) is 7.54. The highest BCUT2D eigenvalue weighted by molar-refractivity contribution is 5.75. The molecule has 4 N–H and O–H groups in total. The molecule has 0 spiro atoms. The summed E-state index contributed by atoms with van der Waals surface area (Å²) in [4.78, 5) is 12.3. The standard InChI is InChI=1S/C28H49NO4/c1-5-6-13-29-25(33)10-7-17(2)20-8-9-21-26-22(16-24(32)28(20,21)4)27(3)12-11-19(30)14-18(27)15-23(26)31/h17-24,26,30-32H,5-16H2,1-4H3,(H,29,33)/t17?,18?,19-,20?,21?,22?,23-,24+,26?,27+,28-/m1/s1. The lowest BCUT2D eigenvalue weighted by molar-refractivity contribution is -0.207. The maximum absolute atomic E-state index is 12.3. The first kappa shape index (κ1) is 25.4. The number of hydrogen-bond acceptors (Lipinski definition) is 4. The molecule has 4 rings (SSSR count). The first-order valence-electron chi connectivity index (χ1n) is 13.9. The molecule has 0 aliphatic heterocycles. The number of aliphatic hydroxyl groups is 3. The molecule has 6 unspecified atom stereocenters. The van der Waals surface area contributed by atoms with Crippen molar-refractivity contribution in [2.75, 3.05) is 6.54 Å². The van der Waals surface area contributed by atoms with Gasteiger partial charge in [0, 0.05) is 13.0 Å². The Bertz CT molecular complexity index is 699. The highest BCUT2D eigenvalue weighted by atomic mass is 16.3. The van der Waals surface area contributed by atoms with Crippen molar-refractivity contribution >= 4 is 5.91 Å². The summed E-state index contributed by atoms with van der Waals surface area (Å²) in [7, 11) is 0. The molecule has 5 nitrogen and oxygen atoms in total. The first-order valence-corrected chi connectivity index (χ1v) is 13.9. The molecule has 0 aromatic heterocycles. The summed E-state index contributed by atoms with van der Waals surface area (Å²) < 4.78 is 0. The van der Waals surface area contributed by atoms with Crippen LogP contribution in [0.4, 0.5) is 0 Å². The first-order chi connectivity index (χ1) is 15.6. The number of carbonyl (C=O) groups is 1. The summed E-state index contributed by atoms with van der Waals surface area (Å²) in [5.41, 5.74) is -0.0661. The molecule has 0 aromatic carbocycles. The Morgan fingerprint density at radius 2 is 1.82 bits per heavy atom. The third-order valence-electron chi connectivity index (χ3n) is 11.2. The second-order valence-electron chi connectivity index (χ2n) is 12.7. The van der Waals surface area contributed by atoms with Crippen molar-refractivity contribution in [1.29, 1.82) is 0 Å². The topological polar surface area (TPSA) is 89.8 Å². The van der Waals surface area contributed by atoms with Crippen LogP contribution in [0.15, 0.2) is 0 Å². The second-order valence-corrected chi connectivity index (χ2v) is 12.7. The van der Waals surface area contributed by atoms with Crippen LogP contribution in [0, 0.1) is 46.3 Å². The largest absolute Gasteiger partial charge is 0.393 e. The molecule has 4 aliphatic rings. The van der Waals surface area contributed by atoms with Gasteiger partial charge in [0.1, 0.15) is 0 Å². The van der Waals surface area contributed by atoms with Crippen molar-refractivity contribution < 1.29 is 20.1 Å². The molecule has 4 saturated carbocycles. The van der Waals surface area contributed by atoms with Gasteiger partial charge in [-0.1, -0.05) is 34.1 Å². The molecule has 0 radical (unpaired) electrons. The lowest BCUT2D eigenvalue weighted by Crippen LogP contribution is -2.62. The molecule has 33 heavy (non-hydrogen) atoms. The van der Waals surface area contributed by atoms with Crippen molar-refractivity contribution in [3.05, 3.63) is 0 Å². The molecule has 0 bridgehead atoms. The Hall–Kier alpha value is -0.650. The van der Waals surface area contributed by atoms with E-state index in [-0.39, 0.29) is 41.0 Å². The molecule has 5 heteroatoms. The molecular formula is C28H49NO4. The minimum absolute atomic E-state index is 0.117. The van der Waals surface area contributed by atoms with Crippen LogP contribution >= 0.6 is 0 Å². The van der Waals surface area contributed by atoms with Gasteiger partial charge in [-0.15, -0.1) is 0 Å². The van der Waals surface area contributed by atoms with Crippen LogP contribution in [0.3, 0.4) is 0 Å². The zero-order valence-corrected chi connectivity index (χ0v) is 21.4. The van der Waals surface area contributed by atoms with Gasteiger partial charge in [0.05, 0.1) is 18.3 Å². The van der Waals surface area contributed by atoms with Crippen LogP contribution in [0.25, 0.3) is 0 Å². The Labute approximate surface area is 201 Å². The predicted octanol–water partition coefficient (Wildman–Crippen LogP) is 4.28. The Morgan fingerprint density at radius 3 is 2.55 bits per heavy atom. The molecule has 4 aliphatic carbocycles. The van der Waals surface area contributed by atoms with E-state index in [4.69, 9.17) is 0 Å². The van der Waals surface area contributed by atoms with Gasteiger partial charge in [0.15, 0.2) is 0 Å². The van der Waals surface area contributed by atoms with E-state index in [1.54, 1.807) is 0 Å². The summed E-state index contributed by atoms with van der Waals surface area (Å²) in [5.74, 6) is 2.23. The highest BCUT2D eigenvalue weighted by Crippen LogP contribution is 2.68. The van der Waals surface area contributed by atoms with E-state index in [2.05, 4.69) is 33.0 Å². The maximum atomic E-state index is 12.3. The van der Waals surface area contributed by atoms with E-state index < -0.39 is 0 Å². The lowest BCUT2D eigenvalue weighted by atomic mass is 9.43. The van der Waals surface area contributed by atoms with Crippen LogP contribution in [0.5, 0.6) is 0 Å². The fourth-order valence-corrected chi connectivity index (χ4v) is 9.18. The SMILES string of the molecule is CCCCNC(=O)CCC(C)C1CCC2C3C(C[C@H](O)[C@]12C)[C@@]1(C)CC[C@@H](O)CC1C[C@H]3O. The lowest BCUT2D eigenvalue weighted by Gasteiger charge is -2.63. The maximum Gasteiger partial charge on any atom is 0.220 e. The Morgan fingerprint density at radius 1 is 1.06 bits per heavy atom. The van der Waals surface area contributed by atoms with Gasteiger partial charge >= 0.3 is 0 Å². The number of amides is 1. The van der Waals surface area contributed by atoms with Gasteiger partial charge in [-0.2, -0.15) is 0 Å². The van der Waals surface area contributed by atoms with Crippen molar-refractivity contribution in [2.24, 2.45) is 46.3 Å². The number of unbranched alkanes of at least 4 members (excludes halogenated alkanes) is 1. The highest BCUT2D eigenvalue weighted by Gasteiger charge is 2.65. The molecule has 4 fully saturated rings. The fraction of sp³-hybridized carbons (Fsp3) is 0.964. The zero-order chi connectivity index (χ0) is 24.0. The molecule has 190 valence electrons. The normalized spacial score (nSPS) is 47.8. The van der Waals surface area contributed by atoms with Crippen LogP contribution in [-0.4, -0.2) is 46.1 Å². The van der Waals surface area contributed by atoms with Crippen molar-refractivity contribution in [2.45, 2.75) is 117 Å². The van der Waals surface area contributed by atoms with Crippen molar-refractivity contribution in [3.63, 3.8) is 0 Å². The summed E-state index contributed by atoms with van der Waals surface area (Å²) in [6, 6.07) is 0. The van der Waals surface area contributed by atoms with Gasteiger partial charge < -0.3 is 20.6 Å². The van der Waals surface area contributed by atoms with E-state index in [9.17, 15) is 20.1 Å². The predicted molar refractivity (Wildman–Crippen MR) is 130 cm³/mol. The third kappa shape index (κ3) is 4.40. The molecule has 0 aromatic rings. The number of rotatable bonds is 7. The van der Waals surface area contributed by atoms with Crippen molar-refractivity contribution in [3.8, 4) is 0 Å². The van der Waals surface area contributed by atoms with Gasteiger partial charge in [-0.3, -0.25) is 4.79 Å². The van der Waals surface area contributed by atoms with Crippen LogP contribution in [0.1, 0.15) is 98.3 Å². The third-order valence-corrected chi connectivity index (χ3v) is 11.2. The van der Waals surface area contributed by atoms with Crippen molar-refractivity contribution in [1.82, 2.24) is 5.32 Å². The van der Waals surface area contributed by atoms with Gasteiger partial charge in [-0.25, -0.2) is 0 Å². The number of carbonyl (C=O) groups excluding carboxylic acids is 1. The van der Waals surface area contributed by atoms with E-state index in [0.717, 1.165) is 70.8 Å². The van der Waals surface area contributed by atoms with Gasteiger partial charge in [0.2, 0.25) is 5.91 Å². The van der Waals surface area contributed by atoms with Crippen LogP contribution in [-0.2, 0) is 4.79 Å². The van der Waals surface area contributed by atoms with Crippen LogP contribution < -0.4 is 5.32 Å². The molecule has 0 heterocycles. The average Bonchev–Trinajstić information content (AvgIpc) is 3.13. The van der Waals surface area contributed by atoms with E-state index in [1.165, 1.54) is 0 Å². The minimum Gasteiger partial charge on any atom is -0.393 e. The monoisotopic (exact) mass is 463 g/mol. The quantitative estimate of drug-likeness (QED) is 0.424. The van der Waals surface area contributed by atoms with Gasteiger partial charge in [-0.05, 0) is 104 Å². The molecular weight excluding hydrogens is 414 g/mol. The van der Waals surface area contributed by atoms with Gasteiger partial charge in [0.25, 0.3) is 0 Å². The number of hydrogen-bond donors (Lipinski definition) is 4. The summed E-state index contributed by atoms with van der Waals surface area (Å²) in [5, 5.41) is 36.3. The van der Waals surface area contributed by atoms with E-state index in [1.807, 2.05) is 0 Å². The second kappa shape index (κ2) is 9.78. The summed E-state index contributed by atoms with van der Waals surface area (Å²) in [6.45, 7) is 9.85. The Balaban J connectivity index is 1.47. The number of nitrogens with one attached hydrogen (secondary N) is 1. The van der Waals surface area contributed by atoms with E-state index >= 15 is 0 Å². The number of aliphatic hydroxyl groups excluding tert-OH is 3. The molecule has 0 saturated heterocycles. The number of fused-ring (bicyclic) bond motifs is 5. The molecule has 11 atom stereocenters. The van der Waals surface area contributed by atoms with Crippen LogP contribution in [0.2, 0.25) is 0 Å². The zero-order valence-electron chi connectivity index (χ0n) is 21.4. The summed E-state index contributed by atoms with van der Waals surface area (Å²) in [6.07, 6.45) is 9.04. The minimum atomic E-state index is -0.355. The average molecular weight is 464 g/mol. The molecule has 1 amide bonds. The summed E-state index contributed by atoms with van der Waals surface area (Å²) >= 11 is 0. The van der Waals surface area contributed by atoms with E-state index in [0.29, 0.717) is 36.0 Å².